The van der Waals surface area contributed by atoms with Gasteiger partial charge in [-0.25, -0.2) is 0 Å². The Hall–Kier alpha value is -2.07. The van der Waals surface area contributed by atoms with E-state index in [-0.39, 0.29) is 17.7 Å². The molecule has 3 rings (SSSR count). The molecule has 21 heavy (non-hydrogen) atoms. The van der Waals surface area contributed by atoms with Crippen molar-refractivity contribution in [2.75, 3.05) is 6.54 Å². The average molecular weight is 284 g/mol. The number of rotatable bonds is 3. The maximum Gasteiger partial charge on any atom is 0.255 e. The largest absolute Gasteiger partial charge is 0.506 e. The van der Waals surface area contributed by atoms with E-state index in [1.54, 1.807) is 6.07 Å². The van der Waals surface area contributed by atoms with Crippen LogP contribution >= 0.6 is 0 Å². The topological polar surface area (TPSA) is 75.3 Å². The molecule has 0 radical (unpaired) electrons. The second kappa shape index (κ2) is 5.74. The number of aromatic hydroxyl groups is 1. The maximum absolute atomic E-state index is 12.2. The second-order valence-corrected chi connectivity index (χ2v) is 5.83. The van der Waals surface area contributed by atoms with Gasteiger partial charge >= 0.3 is 0 Å². The summed E-state index contributed by atoms with van der Waals surface area (Å²) < 4.78 is 0. The van der Waals surface area contributed by atoms with Crippen molar-refractivity contribution in [1.29, 1.82) is 0 Å². The van der Waals surface area contributed by atoms with Gasteiger partial charge in [0.2, 0.25) is 0 Å². The zero-order valence-corrected chi connectivity index (χ0v) is 11.9. The quantitative estimate of drug-likeness (QED) is 0.810. The van der Waals surface area contributed by atoms with Crippen LogP contribution in [-0.2, 0) is 0 Å². The molecule has 1 aliphatic carbocycles. The van der Waals surface area contributed by atoms with Crippen LogP contribution in [0.5, 0.6) is 5.75 Å². The highest BCUT2D eigenvalue weighted by Crippen LogP contribution is 2.29. The van der Waals surface area contributed by atoms with Crippen molar-refractivity contribution < 1.29 is 9.90 Å². The monoisotopic (exact) mass is 284 g/mol. The van der Waals surface area contributed by atoms with Crippen LogP contribution in [0, 0.1) is 5.92 Å². The number of carbonyl (C=O) groups is 1. The van der Waals surface area contributed by atoms with Crippen molar-refractivity contribution in [3.63, 3.8) is 0 Å². The van der Waals surface area contributed by atoms with Crippen molar-refractivity contribution in [3.05, 3.63) is 42.0 Å². The van der Waals surface area contributed by atoms with Crippen LogP contribution in [0.25, 0.3) is 10.8 Å². The summed E-state index contributed by atoms with van der Waals surface area (Å²) in [6, 6.07) is 11.3. The van der Waals surface area contributed by atoms with Crippen LogP contribution in [0.3, 0.4) is 0 Å². The lowest BCUT2D eigenvalue weighted by atomic mass is 10.0. The number of amides is 1. The third-order valence-corrected chi connectivity index (χ3v) is 4.28. The van der Waals surface area contributed by atoms with Crippen molar-refractivity contribution >= 4 is 16.7 Å². The minimum Gasteiger partial charge on any atom is -0.506 e. The first kappa shape index (κ1) is 13.9. The van der Waals surface area contributed by atoms with Gasteiger partial charge in [-0.1, -0.05) is 30.3 Å². The molecule has 2 atom stereocenters. The van der Waals surface area contributed by atoms with Crippen LogP contribution in [0.1, 0.15) is 29.6 Å². The zero-order valence-electron chi connectivity index (χ0n) is 11.9. The summed E-state index contributed by atoms with van der Waals surface area (Å²) in [6.07, 6.45) is 3.05. The van der Waals surface area contributed by atoms with E-state index in [4.69, 9.17) is 5.73 Å². The van der Waals surface area contributed by atoms with Gasteiger partial charge in [-0.2, -0.15) is 0 Å². The van der Waals surface area contributed by atoms with E-state index in [2.05, 4.69) is 5.32 Å². The Morgan fingerprint density at radius 1 is 1.24 bits per heavy atom. The number of nitrogens with one attached hydrogen (secondary N) is 1. The van der Waals surface area contributed by atoms with Crippen molar-refractivity contribution in [3.8, 4) is 5.75 Å². The summed E-state index contributed by atoms with van der Waals surface area (Å²) >= 11 is 0. The molecule has 2 unspecified atom stereocenters. The zero-order chi connectivity index (χ0) is 14.8. The minimum atomic E-state index is -0.223. The van der Waals surface area contributed by atoms with Gasteiger partial charge in [-0.05, 0) is 36.6 Å². The summed E-state index contributed by atoms with van der Waals surface area (Å²) in [7, 11) is 0. The molecule has 2 aromatic rings. The smallest absolute Gasteiger partial charge is 0.255 e. The first-order valence-electron chi connectivity index (χ1n) is 7.39. The minimum absolute atomic E-state index is 0.0497. The molecule has 0 aliphatic heterocycles. The SMILES string of the molecule is NC1CCC(CNC(=O)c2ccc3ccccc3c2O)C1. The number of carbonyl (C=O) groups excluding carboxylic acids is 1. The lowest BCUT2D eigenvalue weighted by molar-refractivity contribution is 0.0945. The normalized spacial score (nSPS) is 21.6. The van der Waals surface area contributed by atoms with Gasteiger partial charge in [0.15, 0.2) is 0 Å². The molecule has 4 N–H and O–H groups in total. The summed E-state index contributed by atoms with van der Waals surface area (Å²) in [5, 5.41) is 14.8. The van der Waals surface area contributed by atoms with Gasteiger partial charge < -0.3 is 16.2 Å². The maximum atomic E-state index is 12.2. The van der Waals surface area contributed by atoms with E-state index >= 15 is 0 Å². The van der Waals surface area contributed by atoms with Gasteiger partial charge in [0.05, 0.1) is 5.56 Å². The Morgan fingerprint density at radius 3 is 2.81 bits per heavy atom. The Morgan fingerprint density at radius 2 is 2.05 bits per heavy atom. The average Bonchev–Trinajstić information content (AvgIpc) is 2.91. The standard InChI is InChI=1S/C17H20N2O2/c18-13-7-5-11(9-13)10-19-17(21)15-8-6-12-3-1-2-4-14(12)16(15)20/h1-4,6,8,11,13,20H,5,7,9-10,18H2,(H,19,21). The molecular weight excluding hydrogens is 264 g/mol. The van der Waals surface area contributed by atoms with Crippen LogP contribution in [0.2, 0.25) is 0 Å². The Bertz CT molecular complexity index is 669. The van der Waals surface area contributed by atoms with Crippen LogP contribution in [-0.4, -0.2) is 23.6 Å². The number of hydrogen-bond acceptors (Lipinski definition) is 3. The van der Waals surface area contributed by atoms with E-state index in [0.29, 0.717) is 23.4 Å². The first-order valence-corrected chi connectivity index (χ1v) is 7.39. The number of nitrogens with two attached hydrogens (primary N) is 1. The van der Waals surface area contributed by atoms with Crippen LogP contribution in [0.4, 0.5) is 0 Å². The fraction of sp³-hybridized carbons (Fsp3) is 0.353. The van der Waals surface area contributed by atoms with Crippen molar-refractivity contribution in [2.24, 2.45) is 11.7 Å². The van der Waals surface area contributed by atoms with E-state index in [0.717, 1.165) is 24.6 Å². The molecule has 0 saturated heterocycles. The number of hydrogen-bond donors (Lipinski definition) is 3. The van der Waals surface area contributed by atoms with Gasteiger partial charge in [-0.15, -0.1) is 0 Å². The highest BCUT2D eigenvalue weighted by atomic mass is 16.3. The van der Waals surface area contributed by atoms with E-state index in [1.807, 2.05) is 30.3 Å². The molecule has 1 amide bonds. The summed E-state index contributed by atoms with van der Waals surface area (Å²) in [5.41, 5.74) is 6.21. The molecule has 2 aromatic carbocycles. The molecule has 0 aromatic heterocycles. The van der Waals surface area contributed by atoms with Crippen LogP contribution < -0.4 is 11.1 Å². The Balaban J connectivity index is 1.74. The number of phenolic OH excluding ortho intramolecular Hbond substituents is 1. The number of phenols is 1. The highest BCUT2D eigenvalue weighted by molar-refractivity contribution is 6.03. The van der Waals surface area contributed by atoms with Crippen molar-refractivity contribution in [2.45, 2.75) is 25.3 Å². The number of fused-ring (bicyclic) bond motifs is 1. The fourth-order valence-corrected chi connectivity index (χ4v) is 3.07. The van der Waals surface area contributed by atoms with Crippen molar-refractivity contribution in [1.82, 2.24) is 5.32 Å². The third kappa shape index (κ3) is 2.85. The summed E-state index contributed by atoms with van der Waals surface area (Å²) in [6.45, 7) is 0.624. The Kier molecular flexibility index (Phi) is 3.80. The van der Waals surface area contributed by atoms with E-state index in [9.17, 15) is 9.90 Å². The molecule has 0 bridgehead atoms. The molecule has 0 heterocycles. The molecule has 0 spiro atoms. The van der Waals surface area contributed by atoms with E-state index in [1.165, 1.54) is 0 Å². The first-order chi connectivity index (χ1) is 10.1. The molecule has 1 saturated carbocycles. The van der Waals surface area contributed by atoms with Gasteiger partial charge in [0.25, 0.3) is 5.91 Å². The van der Waals surface area contributed by atoms with Gasteiger partial charge in [-0.3, -0.25) is 4.79 Å². The Labute approximate surface area is 124 Å². The molecule has 4 heteroatoms. The third-order valence-electron chi connectivity index (χ3n) is 4.28. The molecule has 1 fully saturated rings. The molecule has 1 aliphatic rings. The van der Waals surface area contributed by atoms with Crippen LogP contribution in [0.15, 0.2) is 36.4 Å². The predicted octanol–water partition coefficient (Wildman–Crippen LogP) is 2.40. The lowest BCUT2D eigenvalue weighted by Crippen LogP contribution is -2.29. The predicted molar refractivity (Wildman–Crippen MR) is 83.3 cm³/mol. The van der Waals surface area contributed by atoms with E-state index < -0.39 is 0 Å². The van der Waals surface area contributed by atoms with Gasteiger partial charge in [0, 0.05) is 18.0 Å². The number of benzene rings is 2. The summed E-state index contributed by atoms with van der Waals surface area (Å²) in [4.78, 5) is 12.2. The molecular formula is C17H20N2O2. The molecule has 110 valence electrons. The summed E-state index contributed by atoms with van der Waals surface area (Å²) in [5.74, 6) is 0.277. The lowest BCUT2D eigenvalue weighted by Gasteiger charge is -2.12. The van der Waals surface area contributed by atoms with Gasteiger partial charge in [0.1, 0.15) is 5.75 Å². The second-order valence-electron chi connectivity index (χ2n) is 5.83. The fourth-order valence-electron chi connectivity index (χ4n) is 3.07. The molecule has 4 nitrogen and oxygen atoms in total. The highest BCUT2D eigenvalue weighted by Gasteiger charge is 2.22.